The molecule has 3 aliphatic heterocycles. The number of carbonyl (C=O) groups is 2. The fourth-order valence-electron chi connectivity index (χ4n) is 6.56. The molecule has 0 bridgehead atoms. The van der Waals surface area contributed by atoms with Gasteiger partial charge in [0, 0.05) is 38.7 Å². The summed E-state index contributed by atoms with van der Waals surface area (Å²) >= 11 is 0. The first kappa shape index (κ1) is 39.6. The van der Waals surface area contributed by atoms with Gasteiger partial charge in [-0.1, -0.05) is 62.0 Å². The first-order valence-corrected chi connectivity index (χ1v) is 23.5. The smallest absolute Gasteiger partial charge is 0.303 e. The van der Waals surface area contributed by atoms with Crippen molar-refractivity contribution >= 4 is 28.9 Å². The summed E-state index contributed by atoms with van der Waals surface area (Å²) < 4.78 is 40.0. The standard InChI is InChI=1S/C36H66O8Si2/c1-23-20-27(16-15-18-37)41-29(24(23)2)21-31-33(40-26(4)38)25(3)34-32(42-31)22-30(44-46(13,14)36(8,9)10)28(43-34)17-19-39-45(11,12)35(5,6)7/h18,23,25,27-34H,2,15-17,19-22H2,1,3-14H3/t23-,25-,27+,28-,29-,30-,31+,32+,33-,34+/m1/s1. The molecule has 0 aromatic heterocycles. The Morgan fingerprint density at radius 3 is 2.13 bits per heavy atom. The summed E-state index contributed by atoms with van der Waals surface area (Å²) in [6.07, 6.45) is 3.10. The van der Waals surface area contributed by atoms with Crippen molar-refractivity contribution in [3.05, 3.63) is 12.2 Å². The Bertz CT molecular complexity index is 1050. The molecule has 10 heteroatoms. The Morgan fingerprint density at radius 2 is 1.57 bits per heavy atom. The molecule has 3 saturated heterocycles. The maximum atomic E-state index is 12.4. The van der Waals surface area contributed by atoms with Crippen molar-refractivity contribution in [1.82, 2.24) is 0 Å². The summed E-state index contributed by atoms with van der Waals surface area (Å²) in [5, 5.41) is 0.172. The van der Waals surface area contributed by atoms with E-state index in [1.54, 1.807) is 0 Å². The van der Waals surface area contributed by atoms with Gasteiger partial charge in [0.2, 0.25) is 0 Å². The number of carbonyl (C=O) groups excluding carboxylic acids is 2. The van der Waals surface area contributed by atoms with E-state index >= 15 is 0 Å². The average Bonchev–Trinajstić information content (AvgIpc) is 2.91. The quantitative estimate of drug-likeness (QED) is 0.0886. The third-order valence-corrected chi connectivity index (χ3v) is 20.7. The monoisotopic (exact) mass is 682 g/mol. The lowest BCUT2D eigenvalue weighted by molar-refractivity contribution is -0.271. The lowest BCUT2D eigenvalue weighted by Crippen LogP contribution is -2.63. The van der Waals surface area contributed by atoms with E-state index in [1.807, 2.05) is 0 Å². The molecule has 266 valence electrons. The average molecular weight is 683 g/mol. The van der Waals surface area contributed by atoms with Gasteiger partial charge < -0.3 is 32.6 Å². The molecule has 8 nitrogen and oxygen atoms in total. The molecule has 0 radical (unpaired) electrons. The highest BCUT2D eigenvalue weighted by molar-refractivity contribution is 6.74. The summed E-state index contributed by atoms with van der Waals surface area (Å²) in [6.45, 7) is 33.5. The van der Waals surface area contributed by atoms with Crippen LogP contribution in [0.25, 0.3) is 0 Å². The Morgan fingerprint density at radius 1 is 0.935 bits per heavy atom. The number of esters is 1. The molecule has 0 aliphatic carbocycles. The molecular weight excluding hydrogens is 617 g/mol. The van der Waals surface area contributed by atoms with Crippen LogP contribution < -0.4 is 0 Å². The highest BCUT2D eigenvalue weighted by Crippen LogP contribution is 2.45. The largest absolute Gasteiger partial charge is 0.459 e. The van der Waals surface area contributed by atoms with Gasteiger partial charge in [-0.2, -0.15) is 0 Å². The second kappa shape index (κ2) is 15.3. The lowest BCUT2D eigenvalue weighted by atomic mass is 9.79. The molecule has 3 rings (SSSR count). The topological polar surface area (TPSA) is 89.5 Å². The molecule has 0 N–H and O–H groups in total. The highest BCUT2D eigenvalue weighted by Gasteiger charge is 2.53. The second-order valence-corrected chi connectivity index (χ2v) is 26.8. The van der Waals surface area contributed by atoms with Gasteiger partial charge in [-0.05, 0) is 67.0 Å². The molecule has 0 aromatic rings. The van der Waals surface area contributed by atoms with Crippen LogP contribution in [0.15, 0.2) is 12.2 Å². The number of fused-ring (bicyclic) bond motifs is 1. The fraction of sp³-hybridized carbons (Fsp3) is 0.889. The third kappa shape index (κ3) is 9.63. The molecule has 3 aliphatic rings. The van der Waals surface area contributed by atoms with E-state index in [4.69, 9.17) is 27.8 Å². The van der Waals surface area contributed by atoms with Gasteiger partial charge in [-0.15, -0.1) is 0 Å². The van der Waals surface area contributed by atoms with Gasteiger partial charge >= 0.3 is 5.97 Å². The van der Waals surface area contributed by atoms with Crippen LogP contribution in [-0.2, 0) is 37.4 Å². The predicted octanol–water partition coefficient (Wildman–Crippen LogP) is 8.00. The van der Waals surface area contributed by atoms with Gasteiger partial charge in [-0.3, -0.25) is 4.79 Å². The first-order valence-electron chi connectivity index (χ1n) is 17.7. The van der Waals surface area contributed by atoms with Crippen molar-refractivity contribution < 1.29 is 37.4 Å². The van der Waals surface area contributed by atoms with Gasteiger partial charge in [0.1, 0.15) is 12.4 Å². The Kier molecular flexibility index (Phi) is 13.2. The molecule has 0 aromatic carbocycles. The predicted molar refractivity (Wildman–Crippen MR) is 188 cm³/mol. The van der Waals surface area contributed by atoms with Crippen LogP contribution in [-0.4, -0.2) is 84.3 Å². The molecule has 10 atom stereocenters. The summed E-state index contributed by atoms with van der Waals surface area (Å²) in [6, 6.07) is 0. The van der Waals surface area contributed by atoms with E-state index in [0.29, 0.717) is 32.3 Å². The normalized spacial score (nSPS) is 34.6. The Balaban J connectivity index is 1.86. The van der Waals surface area contributed by atoms with E-state index in [0.717, 1.165) is 24.7 Å². The zero-order valence-corrected chi connectivity index (χ0v) is 33.3. The van der Waals surface area contributed by atoms with Crippen LogP contribution in [0.2, 0.25) is 36.3 Å². The van der Waals surface area contributed by atoms with Crippen molar-refractivity contribution in [1.29, 1.82) is 0 Å². The molecule has 0 amide bonds. The van der Waals surface area contributed by atoms with E-state index in [9.17, 15) is 9.59 Å². The van der Waals surface area contributed by atoms with Gasteiger partial charge in [0.15, 0.2) is 16.6 Å². The summed E-state index contributed by atoms with van der Waals surface area (Å²) in [5.74, 6) is -0.157. The minimum absolute atomic E-state index is 0.00804. The molecule has 0 saturated carbocycles. The minimum atomic E-state index is -2.13. The van der Waals surface area contributed by atoms with Crippen LogP contribution in [0.3, 0.4) is 0 Å². The minimum Gasteiger partial charge on any atom is -0.459 e. The van der Waals surface area contributed by atoms with Crippen LogP contribution in [0.4, 0.5) is 0 Å². The van der Waals surface area contributed by atoms with Crippen LogP contribution >= 0.6 is 0 Å². The van der Waals surface area contributed by atoms with Crippen molar-refractivity contribution in [3.63, 3.8) is 0 Å². The highest BCUT2D eigenvalue weighted by atomic mass is 28.4. The number of rotatable bonds is 12. The van der Waals surface area contributed by atoms with Crippen molar-refractivity contribution in [2.75, 3.05) is 6.61 Å². The third-order valence-electron chi connectivity index (χ3n) is 11.6. The van der Waals surface area contributed by atoms with E-state index in [1.165, 1.54) is 6.92 Å². The summed E-state index contributed by atoms with van der Waals surface area (Å²) in [5.41, 5.74) is 1.03. The fourth-order valence-corrected chi connectivity index (χ4v) is 8.98. The molecule has 0 unspecified atom stereocenters. The maximum Gasteiger partial charge on any atom is 0.303 e. The summed E-state index contributed by atoms with van der Waals surface area (Å²) in [4.78, 5) is 23.5. The molecule has 46 heavy (non-hydrogen) atoms. The van der Waals surface area contributed by atoms with Crippen molar-refractivity contribution in [2.45, 2.75) is 186 Å². The summed E-state index contributed by atoms with van der Waals surface area (Å²) in [7, 11) is -4.06. The number of ether oxygens (including phenoxy) is 4. The Hall–Kier alpha value is -0.886. The lowest BCUT2D eigenvalue weighted by Gasteiger charge is -2.53. The molecule has 0 spiro atoms. The van der Waals surface area contributed by atoms with Gasteiger partial charge in [-0.25, -0.2) is 0 Å². The van der Waals surface area contributed by atoms with Gasteiger partial charge in [0.25, 0.3) is 0 Å². The number of hydrogen-bond acceptors (Lipinski definition) is 8. The second-order valence-electron chi connectivity index (χ2n) is 17.3. The molecular formula is C36H66O8Si2. The zero-order valence-electron chi connectivity index (χ0n) is 31.3. The Labute approximate surface area is 282 Å². The number of aldehydes is 1. The first-order chi connectivity index (χ1) is 21.1. The van der Waals surface area contributed by atoms with E-state index in [-0.39, 0.29) is 70.6 Å². The van der Waals surface area contributed by atoms with Crippen LogP contribution in [0, 0.1) is 11.8 Å². The van der Waals surface area contributed by atoms with Crippen LogP contribution in [0.5, 0.6) is 0 Å². The molecule has 3 fully saturated rings. The van der Waals surface area contributed by atoms with Gasteiger partial charge in [0.05, 0.1) is 42.7 Å². The zero-order chi connectivity index (χ0) is 34.8. The maximum absolute atomic E-state index is 12.4. The SMILES string of the molecule is C=C1[C@H](C)C[C@H](CCC=O)O[C@@H]1C[C@@H]1O[C@H]2C[C@@H](O[Si](C)(C)C(C)(C)C)[C@@H](CCO[Si](C)(C)C(C)(C)C)O[C@H]2[C@H](C)[C@H]1OC(C)=O. The van der Waals surface area contributed by atoms with Crippen molar-refractivity contribution in [2.24, 2.45) is 11.8 Å². The number of hydrogen-bond donors (Lipinski definition) is 0. The van der Waals surface area contributed by atoms with Crippen molar-refractivity contribution in [3.8, 4) is 0 Å². The van der Waals surface area contributed by atoms with Crippen LogP contribution in [0.1, 0.15) is 101 Å². The molecule has 3 heterocycles. The van der Waals surface area contributed by atoms with E-state index in [2.05, 4.69) is 88.2 Å². The van der Waals surface area contributed by atoms with E-state index < -0.39 is 22.7 Å².